The van der Waals surface area contributed by atoms with Crippen molar-refractivity contribution in [2.45, 2.75) is 26.4 Å². The van der Waals surface area contributed by atoms with Crippen LogP contribution >= 0.6 is 0 Å². The Bertz CT molecular complexity index is 556. The summed E-state index contributed by atoms with van der Waals surface area (Å²) in [5, 5.41) is 17.9. The van der Waals surface area contributed by atoms with Crippen LogP contribution in [0.2, 0.25) is 0 Å². The van der Waals surface area contributed by atoms with Crippen LogP contribution in [0.1, 0.15) is 26.3 Å². The number of ether oxygens (including phenoxy) is 1. The number of rotatable bonds is 2. The van der Waals surface area contributed by atoms with Crippen LogP contribution in [-0.4, -0.2) is 27.7 Å². The van der Waals surface area contributed by atoms with Gasteiger partial charge in [-0.3, -0.25) is 10.6 Å². The van der Waals surface area contributed by atoms with Gasteiger partial charge in [-0.2, -0.15) is 5.06 Å². The Balaban J connectivity index is 2.38. The fourth-order valence-corrected chi connectivity index (χ4v) is 1.78. The van der Waals surface area contributed by atoms with Gasteiger partial charge in [0, 0.05) is 0 Å². The van der Waals surface area contributed by atoms with Crippen LogP contribution in [0.4, 0.5) is 0 Å². The summed E-state index contributed by atoms with van der Waals surface area (Å²) < 4.78 is 5.22. The van der Waals surface area contributed by atoms with Gasteiger partial charge in [-0.15, -0.1) is 0 Å². The third-order valence-electron chi connectivity index (χ3n) is 2.55. The van der Waals surface area contributed by atoms with Gasteiger partial charge in [-0.05, 0) is 26.3 Å². The maximum absolute atomic E-state index is 12.0. The molecule has 1 aromatic rings. The molecule has 5 nitrogen and oxygen atoms in total. The number of amidine groups is 1. The van der Waals surface area contributed by atoms with Crippen LogP contribution in [0.3, 0.4) is 0 Å². The van der Waals surface area contributed by atoms with Gasteiger partial charge in [0.2, 0.25) is 0 Å². The van der Waals surface area contributed by atoms with Crippen molar-refractivity contribution in [3.8, 4) is 0 Å². The molecule has 0 spiro atoms. The predicted octanol–water partition coefficient (Wildman–Crippen LogP) is 2.42. The second kappa shape index (κ2) is 4.51. The van der Waals surface area contributed by atoms with Gasteiger partial charge in [-0.1, -0.05) is 30.3 Å². The van der Waals surface area contributed by atoms with Crippen molar-refractivity contribution in [2.75, 3.05) is 0 Å². The van der Waals surface area contributed by atoms with E-state index in [1.165, 1.54) is 0 Å². The Morgan fingerprint density at radius 1 is 1.26 bits per heavy atom. The van der Waals surface area contributed by atoms with Crippen molar-refractivity contribution < 1.29 is 14.7 Å². The summed E-state index contributed by atoms with van der Waals surface area (Å²) in [6.45, 7) is 5.25. The molecule has 0 atom stereocenters. The monoisotopic (exact) mass is 260 g/mol. The number of nitrogens with one attached hydrogen (secondary N) is 1. The van der Waals surface area contributed by atoms with Crippen LogP contribution < -0.4 is 0 Å². The van der Waals surface area contributed by atoms with Gasteiger partial charge >= 0.3 is 5.97 Å². The van der Waals surface area contributed by atoms with Crippen molar-refractivity contribution >= 4 is 17.4 Å². The Hall–Kier alpha value is -2.14. The molecule has 0 aliphatic carbocycles. The average molecular weight is 260 g/mol. The second-order valence-electron chi connectivity index (χ2n) is 5.25. The number of hydroxylamine groups is 2. The zero-order valence-corrected chi connectivity index (χ0v) is 11.1. The van der Waals surface area contributed by atoms with E-state index in [-0.39, 0.29) is 11.5 Å². The van der Waals surface area contributed by atoms with Crippen LogP contribution in [0.15, 0.2) is 36.0 Å². The Labute approximate surface area is 111 Å². The standard InChI is InChI=1S/C14H16N2O3/c1-14(2,3)19-13(17)11-10(12(15)16(11)18)9-7-5-4-6-8-9/h4-8,15,18H,1-3H3. The number of esters is 1. The first-order valence-corrected chi connectivity index (χ1v) is 5.92. The lowest BCUT2D eigenvalue weighted by Crippen LogP contribution is -2.44. The molecule has 0 amide bonds. The molecule has 19 heavy (non-hydrogen) atoms. The SMILES string of the molecule is CC(C)(C)OC(=O)C1=C(c2ccccc2)C(=N)N1O. The number of carbonyl (C=O) groups is 1. The van der Waals surface area contributed by atoms with Gasteiger partial charge < -0.3 is 4.74 Å². The van der Waals surface area contributed by atoms with Crippen molar-refractivity contribution in [3.05, 3.63) is 41.6 Å². The van der Waals surface area contributed by atoms with Crippen LogP contribution in [0.5, 0.6) is 0 Å². The molecule has 0 unspecified atom stereocenters. The minimum Gasteiger partial charge on any atom is -0.455 e. The molecule has 5 heteroatoms. The Morgan fingerprint density at radius 3 is 2.37 bits per heavy atom. The third kappa shape index (κ3) is 2.51. The summed E-state index contributed by atoms with van der Waals surface area (Å²) in [6, 6.07) is 9.02. The number of benzene rings is 1. The summed E-state index contributed by atoms with van der Waals surface area (Å²) in [6.07, 6.45) is 0. The van der Waals surface area contributed by atoms with E-state index in [1.54, 1.807) is 32.9 Å². The number of carbonyl (C=O) groups excluding carboxylic acids is 1. The molecule has 0 bridgehead atoms. The van der Waals surface area contributed by atoms with E-state index in [9.17, 15) is 10.0 Å². The van der Waals surface area contributed by atoms with Gasteiger partial charge in [-0.25, -0.2) is 4.79 Å². The molecule has 0 saturated carbocycles. The van der Waals surface area contributed by atoms with E-state index in [1.807, 2.05) is 18.2 Å². The van der Waals surface area contributed by atoms with E-state index in [4.69, 9.17) is 10.1 Å². The Kier molecular flexibility index (Phi) is 3.16. The van der Waals surface area contributed by atoms with Gasteiger partial charge in [0.15, 0.2) is 11.5 Å². The predicted molar refractivity (Wildman–Crippen MR) is 70.6 cm³/mol. The first-order chi connectivity index (χ1) is 8.81. The maximum atomic E-state index is 12.0. The zero-order chi connectivity index (χ0) is 14.2. The van der Waals surface area contributed by atoms with Gasteiger partial charge in [0.05, 0.1) is 5.57 Å². The summed E-state index contributed by atoms with van der Waals surface area (Å²) in [4.78, 5) is 12.0. The molecule has 0 aromatic heterocycles. The van der Waals surface area contributed by atoms with Crippen LogP contribution in [0.25, 0.3) is 5.57 Å². The number of nitrogens with zero attached hydrogens (tertiary/aromatic N) is 1. The minimum absolute atomic E-state index is 0.00567. The molecule has 0 fully saturated rings. The quantitative estimate of drug-likeness (QED) is 0.801. The molecular weight excluding hydrogens is 244 g/mol. The van der Waals surface area contributed by atoms with E-state index in [2.05, 4.69) is 0 Å². The van der Waals surface area contributed by atoms with Crippen molar-refractivity contribution in [3.63, 3.8) is 0 Å². The lowest BCUT2D eigenvalue weighted by atomic mass is 9.96. The first kappa shape index (κ1) is 13.3. The van der Waals surface area contributed by atoms with Crippen LogP contribution in [-0.2, 0) is 9.53 Å². The van der Waals surface area contributed by atoms with E-state index >= 15 is 0 Å². The fraction of sp³-hybridized carbons (Fsp3) is 0.286. The smallest absolute Gasteiger partial charge is 0.358 e. The lowest BCUT2D eigenvalue weighted by molar-refractivity contribution is -0.155. The van der Waals surface area contributed by atoms with E-state index in [0.717, 1.165) is 0 Å². The van der Waals surface area contributed by atoms with E-state index < -0.39 is 11.6 Å². The molecule has 1 aliphatic rings. The highest BCUT2D eigenvalue weighted by Crippen LogP contribution is 2.33. The molecule has 2 rings (SSSR count). The van der Waals surface area contributed by atoms with Crippen LogP contribution in [0, 0.1) is 5.41 Å². The third-order valence-corrected chi connectivity index (χ3v) is 2.55. The summed E-state index contributed by atoms with van der Waals surface area (Å²) in [7, 11) is 0. The maximum Gasteiger partial charge on any atom is 0.358 e. The largest absolute Gasteiger partial charge is 0.455 e. The molecule has 2 N–H and O–H groups in total. The fourth-order valence-electron chi connectivity index (χ4n) is 1.78. The molecule has 0 saturated heterocycles. The summed E-state index contributed by atoms with van der Waals surface area (Å²) in [5.41, 5.74) is 0.465. The average Bonchev–Trinajstić information content (AvgIpc) is 2.33. The number of hydrogen-bond acceptors (Lipinski definition) is 4. The van der Waals surface area contributed by atoms with Gasteiger partial charge in [0.1, 0.15) is 5.60 Å². The molecular formula is C14H16N2O3. The molecule has 100 valence electrons. The highest BCUT2D eigenvalue weighted by Gasteiger charge is 2.40. The summed E-state index contributed by atoms with van der Waals surface area (Å²) >= 11 is 0. The molecule has 1 aromatic carbocycles. The summed E-state index contributed by atoms with van der Waals surface area (Å²) in [5.74, 6) is -0.739. The normalized spacial score (nSPS) is 15.4. The lowest BCUT2D eigenvalue weighted by Gasteiger charge is -2.33. The molecule has 1 heterocycles. The van der Waals surface area contributed by atoms with Gasteiger partial charge in [0.25, 0.3) is 0 Å². The molecule has 1 aliphatic heterocycles. The molecule has 0 radical (unpaired) electrons. The second-order valence-corrected chi connectivity index (χ2v) is 5.25. The highest BCUT2D eigenvalue weighted by molar-refractivity contribution is 6.33. The topological polar surface area (TPSA) is 73.6 Å². The highest BCUT2D eigenvalue weighted by atomic mass is 16.6. The van der Waals surface area contributed by atoms with Crippen molar-refractivity contribution in [2.24, 2.45) is 0 Å². The van der Waals surface area contributed by atoms with Crippen molar-refractivity contribution in [1.29, 1.82) is 5.41 Å². The van der Waals surface area contributed by atoms with E-state index in [0.29, 0.717) is 16.2 Å². The zero-order valence-electron chi connectivity index (χ0n) is 11.1. The Morgan fingerprint density at radius 2 is 1.84 bits per heavy atom. The minimum atomic E-state index is -0.648. The van der Waals surface area contributed by atoms with Crippen molar-refractivity contribution in [1.82, 2.24) is 5.06 Å². The number of hydrogen-bond donors (Lipinski definition) is 2. The first-order valence-electron chi connectivity index (χ1n) is 5.92.